The fourth-order valence-electron chi connectivity index (χ4n) is 2.98. The zero-order valence-electron chi connectivity index (χ0n) is 11.8. The quantitative estimate of drug-likeness (QED) is 0.783. The van der Waals surface area contributed by atoms with E-state index in [1.165, 1.54) is 12.0 Å². The summed E-state index contributed by atoms with van der Waals surface area (Å²) < 4.78 is 11.8. The summed E-state index contributed by atoms with van der Waals surface area (Å²) in [6.45, 7) is 1.73. The van der Waals surface area contributed by atoms with Crippen molar-refractivity contribution in [1.82, 2.24) is 10.2 Å². The predicted octanol–water partition coefficient (Wildman–Crippen LogP) is 2.04. The molecule has 2 amide bonds. The molecule has 2 heterocycles. The van der Waals surface area contributed by atoms with Gasteiger partial charge in [0.05, 0.1) is 13.2 Å². The van der Waals surface area contributed by atoms with Crippen LogP contribution in [0.4, 0.5) is 4.79 Å². The van der Waals surface area contributed by atoms with Gasteiger partial charge in [0.2, 0.25) is 0 Å². The number of carbonyl (C=O) groups is 2. The van der Waals surface area contributed by atoms with E-state index < -0.39 is 23.7 Å². The van der Waals surface area contributed by atoms with Gasteiger partial charge in [-0.3, -0.25) is 9.69 Å². The van der Waals surface area contributed by atoms with Gasteiger partial charge in [-0.15, -0.1) is 0 Å². The van der Waals surface area contributed by atoms with Crippen LogP contribution in [-0.2, 0) is 9.53 Å². The van der Waals surface area contributed by atoms with E-state index in [-0.39, 0.29) is 6.03 Å². The van der Waals surface area contributed by atoms with Gasteiger partial charge in [-0.1, -0.05) is 15.9 Å². The molecule has 1 N–H and O–H groups in total. The smallest absolute Gasteiger partial charge is 0.320 e. The molecule has 0 spiro atoms. The highest BCUT2D eigenvalue weighted by Crippen LogP contribution is 2.48. The summed E-state index contributed by atoms with van der Waals surface area (Å²) in [7, 11) is 2.94. The fourth-order valence-corrected chi connectivity index (χ4v) is 3.36. The molecule has 3 atom stereocenters. The first-order valence-electron chi connectivity index (χ1n) is 6.49. The van der Waals surface area contributed by atoms with Gasteiger partial charge in [-0.05, 0) is 25.1 Å². The Kier molecular flexibility index (Phi) is 3.12. The molecule has 1 aromatic rings. The summed E-state index contributed by atoms with van der Waals surface area (Å²) in [5.74, 6) is -0.412. The van der Waals surface area contributed by atoms with Crippen LogP contribution in [-0.4, -0.2) is 36.8 Å². The lowest BCUT2D eigenvalue weighted by Crippen LogP contribution is -2.70. The maximum atomic E-state index is 12.2. The van der Waals surface area contributed by atoms with Crippen molar-refractivity contribution in [3.8, 4) is 5.75 Å². The van der Waals surface area contributed by atoms with Gasteiger partial charge in [0, 0.05) is 17.1 Å². The van der Waals surface area contributed by atoms with E-state index >= 15 is 0 Å². The largest absolute Gasteiger partial charge is 0.469 e. The molecule has 0 radical (unpaired) electrons. The standard InChI is InChI=1S/C14H15BrN2O4/c1-14-10(12(18)20-3)11(16-13(19)17(14)2)8-6-7(15)4-5-9(8)21-14/h4-6,10-11H,1-3H3,(H,16,19). The third kappa shape index (κ3) is 1.91. The maximum Gasteiger partial charge on any atom is 0.320 e. The van der Waals surface area contributed by atoms with Crippen LogP contribution in [0.15, 0.2) is 22.7 Å². The number of hydrogen-bond acceptors (Lipinski definition) is 4. The number of esters is 1. The second-order valence-electron chi connectivity index (χ2n) is 5.33. The average molecular weight is 355 g/mol. The summed E-state index contributed by atoms with van der Waals surface area (Å²) in [5.41, 5.74) is -0.320. The molecule has 0 saturated carbocycles. The van der Waals surface area contributed by atoms with Crippen molar-refractivity contribution in [2.24, 2.45) is 5.92 Å². The van der Waals surface area contributed by atoms with E-state index in [4.69, 9.17) is 9.47 Å². The highest BCUT2D eigenvalue weighted by Gasteiger charge is 2.59. The Balaban J connectivity index is 2.19. The number of nitrogens with zero attached hydrogens (tertiary/aromatic N) is 1. The topological polar surface area (TPSA) is 67.9 Å². The summed E-state index contributed by atoms with van der Waals surface area (Å²) in [4.78, 5) is 25.8. The van der Waals surface area contributed by atoms with Crippen LogP contribution in [0.1, 0.15) is 18.5 Å². The molecule has 0 aliphatic carbocycles. The van der Waals surface area contributed by atoms with E-state index in [2.05, 4.69) is 21.2 Å². The van der Waals surface area contributed by atoms with Crippen molar-refractivity contribution in [2.75, 3.05) is 14.2 Å². The highest BCUT2D eigenvalue weighted by atomic mass is 79.9. The minimum absolute atomic E-state index is 0.284. The highest BCUT2D eigenvalue weighted by molar-refractivity contribution is 9.10. The number of rotatable bonds is 1. The number of nitrogens with one attached hydrogen (secondary N) is 1. The molecule has 21 heavy (non-hydrogen) atoms. The minimum atomic E-state index is -1.08. The minimum Gasteiger partial charge on any atom is -0.469 e. The van der Waals surface area contributed by atoms with Crippen molar-refractivity contribution >= 4 is 27.9 Å². The Morgan fingerprint density at radius 2 is 2.24 bits per heavy atom. The first kappa shape index (κ1) is 14.2. The van der Waals surface area contributed by atoms with Crippen LogP contribution >= 0.6 is 15.9 Å². The van der Waals surface area contributed by atoms with Gasteiger partial charge in [-0.25, -0.2) is 4.79 Å². The Morgan fingerprint density at radius 3 is 2.90 bits per heavy atom. The van der Waals surface area contributed by atoms with Gasteiger partial charge < -0.3 is 14.8 Å². The molecule has 1 saturated heterocycles. The van der Waals surface area contributed by atoms with Gasteiger partial charge in [0.25, 0.3) is 0 Å². The molecule has 2 aliphatic rings. The third-order valence-corrected chi connectivity index (χ3v) is 4.73. The molecule has 1 aromatic carbocycles. The van der Waals surface area contributed by atoms with Gasteiger partial charge in [-0.2, -0.15) is 0 Å². The molecule has 3 unspecified atom stereocenters. The zero-order chi connectivity index (χ0) is 15.4. The van der Waals surface area contributed by atoms with E-state index in [9.17, 15) is 9.59 Å². The number of urea groups is 1. The normalized spacial score (nSPS) is 30.1. The average Bonchev–Trinajstić information content (AvgIpc) is 2.45. The van der Waals surface area contributed by atoms with E-state index in [0.29, 0.717) is 5.75 Å². The summed E-state index contributed by atoms with van der Waals surface area (Å²) in [6.07, 6.45) is 0. The molecule has 6 nitrogen and oxygen atoms in total. The van der Waals surface area contributed by atoms with Crippen molar-refractivity contribution in [3.05, 3.63) is 28.2 Å². The molecule has 3 rings (SSSR count). The number of benzene rings is 1. The Hall–Kier alpha value is -1.76. The number of amides is 2. The van der Waals surface area contributed by atoms with Crippen LogP contribution in [0.5, 0.6) is 5.75 Å². The van der Waals surface area contributed by atoms with E-state index in [0.717, 1.165) is 10.0 Å². The number of halogens is 1. The molecule has 0 aromatic heterocycles. The Bertz CT molecular complexity index is 635. The van der Waals surface area contributed by atoms with Crippen LogP contribution < -0.4 is 10.1 Å². The SMILES string of the molecule is COC(=O)C1C2NC(=O)N(C)C1(C)Oc1ccc(Br)cc12. The molecule has 1 fully saturated rings. The van der Waals surface area contributed by atoms with Crippen LogP contribution in [0.2, 0.25) is 0 Å². The monoisotopic (exact) mass is 354 g/mol. The van der Waals surface area contributed by atoms with Crippen LogP contribution in [0.3, 0.4) is 0 Å². The number of methoxy groups -OCH3 is 1. The summed E-state index contributed by atoms with van der Waals surface area (Å²) in [6, 6.07) is 4.77. The molecule has 7 heteroatoms. The number of hydrogen-bond donors (Lipinski definition) is 1. The number of carbonyl (C=O) groups excluding carboxylic acids is 2. The Morgan fingerprint density at radius 1 is 1.52 bits per heavy atom. The van der Waals surface area contributed by atoms with Crippen molar-refractivity contribution < 1.29 is 19.1 Å². The number of ether oxygens (including phenoxy) is 2. The summed E-state index contributed by atoms with van der Waals surface area (Å²) >= 11 is 3.40. The lowest BCUT2D eigenvalue weighted by atomic mass is 9.79. The summed E-state index contributed by atoms with van der Waals surface area (Å²) in [5, 5.41) is 2.86. The molecule has 2 bridgehead atoms. The lowest BCUT2D eigenvalue weighted by Gasteiger charge is -2.53. The third-order valence-electron chi connectivity index (χ3n) is 4.24. The van der Waals surface area contributed by atoms with Crippen molar-refractivity contribution in [2.45, 2.75) is 18.7 Å². The van der Waals surface area contributed by atoms with Crippen LogP contribution in [0, 0.1) is 5.92 Å². The molecule has 2 aliphatic heterocycles. The van der Waals surface area contributed by atoms with Crippen LogP contribution in [0.25, 0.3) is 0 Å². The number of fused-ring (bicyclic) bond motifs is 4. The fraction of sp³-hybridized carbons (Fsp3) is 0.429. The lowest BCUT2D eigenvalue weighted by molar-refractivity contribution is -0.173. The second-order valence-corrected chi connectivity index (χ2v) is 6.24. The van der Waals surface area contributed by atoms with Gasteiger partial charge in [0.15, 0.2) is 5.72 Å². The molecular weight excluding hydrogens is 340 g/mol. The Labute approximate surface area is 130 Å². The van der Waals surface area contributed by atoms with E-state index in [1.54, 1.807) is 14.0 Å². The predicted molar refractivity (Wildman–Crippen MR) is 77.7 cm³/mol. The zero-order valence-corrected chi connectivity index (χ0v) is 13.4. The molecule has 112 valence electrons. The van der Waals surface area contributed by atoms with E-state index in [1.807, 2.05) is 18.2 Å². The van der Waals surface area contributed by atoms with Gasteiger partial charge in [0.1, 0.15) is 11.7 Å². The first-order chi connectivity index (χ1) is 9.88. The maximum absolute atomic E-state index is 12.2. The second kappa shape index (κ2) is 4.62. The van der Waals surface area contributed by atoms with Gasteiger partial charge >= 0.3 is 12.0 Å². The van der Waals surface area contributed by atoms with Crippen molar-refractivity contribution in [1.29, 1.82) is 0 Å². The van der Waals surface area contributed by atoms with Crippen molar-refractivity contribution in [3.63, 3.8) is 0 Å². The molecular formula is C14H15BrN2O4. The first-order valence-corrected chi connectivity index (χ1v) is 7.28.